The normalized spacial score (nSPS) is 2.50. The van der Waals surface area contributed by atoms with Gasteiger partial charge in [0.2, 0.25) is 0 Å². The van der Waals surface area contributed by atoms with E-state index in [0.29, 0.717) is 0 Å². The van der Waals surface area contributed by atoms with Crippen molar-refractivity contribution in [3.63, 3.8) is 0 Å². The van der Waals surface area contributed by atoms with Crippen molar-refractivity contribution < 1.29 is 40.1 Å². The van der Waals surface area contributed by atoms with Gasteiger partial charge in [0.15, 0.2) is 0 Å². The molecule has 0 heterocycles. The van der Waals surface area contributed by atoms with Crippen LogP contribution >= 0.6 is 0 Å². The van der Waals surface area contributed by atoms with E-state index in [0.717, 1.165) is 6.92 Å². The molecule has 0 saturated carbocycles. The molecular weight excluding hydrogens is 224 g/mol. The molecule has 0 atom stereocenters. The van der Waals surface area contributed by atoms with E-state index in [1.807, 2.05) is 0 Å². The zero-order chi connectivity index (χ0) is 3.58. The van der Waals surface area contributed by atoms with Crippen molar-refractivity contribution in [3.8, 4) is 0 Å². The minimum absolute atomic E-state index is 0. The molecule has 0 aromatic rings. The third-order valence-electron chi connectivity index (χ3n) is 0. The number of carbonyl (C=O) groups is 1. The Kier molecular flexibility index (Phi) is 386. The number of carboxylic acid groups (broad SMARTS) is 1. The van der Waals surface area contributed by atoms with Gasteiger partial charge in [-0.15, -0.1) is 0 Å². The molecule has 0 radical (unpaired) electrons. The van der Waals surface area contributed by atoms with Gasteiger partial charge >= 0.3 is 45.5 Å². The van der Waals surface area contributed by atoms with Crippen LogP contribution in [-0.2, 0) is 4.79 Å². The van der Waals surface area contributed by atoms with E-state index in [-0.39, 0.29) is 75.7 Å². The molecule has 0 saturated heterocycles. The summed E-state index contributed by atoms with van der Waals surface area (Å²) in [7, 11) is 0. The largest absolute Gasteiger partial charge is 2.00 e. The number of hydrogen-bond acceptors (Lipinski definition) is 1. The van der Waals surface area contributed by atoms with Crippen LogP contribution in [0.25, 0.3) is 0 Å². The average molecular weight is 240 g/mol. The number of aliphatic carboxylic acids is 1. The van der Waals surface area contributed by atoms with Crippen molar-refractivity contribution in [2.24, 2.45) is 0 Å². The van der Waals surface area contributed by atoms with E-state index in [1.165, 1.54) is 0 Å². The van der Waals surface area contributed by atoms with Crippen molar-refractivity contribution in [2.75, 3.05) is 0 Å². The molecule has 0 aliphatic rings. The van der Waals surface area contributed by atoms with Crippen LogP contribution in [0.3, 0.4) is 0 Å². The first-order valence-corrected chi connectivity index (χ1v) is 0.928. The minimum Gasteiger partial charge on any atom is -1.00 e. The Balaban J connectivity index is -0.00000000161. The van der Waals surface area contributed by atoms with Crippen molar-refractivity contribution in [1.29, 1.82) is 0 Å². The molecule has 10 heavy (non-hydrogen) atoms. The molecule has 0 aliphatic heterocycles. The van der Waals surface area contributed by atoms with E-state index >= 15 is 0 Å². The minimum atomic E-state index is -0.833. The summed E-state index contributed by atoms with van der Waals surface area (Å²) in [5.74, 6) is -0.833. The van der Waals surface area contributed by atoms with Crippen LogP contribution in [0, 0.1) is 0 Å². The van der Waals surface area contributed by atoms with Gasteiger partial charge in [0.25, 0.3) is 5.97 Å². The second-order valence-electron chi connectivity index (χ2n) is 0.519. The zero-order valence-corrected chi connectivity index (χ0v) is 9.04. The van der Waals surface area contributed by atoms with Gasteiger partial charge in [0.1, 0.15) is 0 Å². The molecule has 0 bridgehead atoms. The Morgan fingerprint density at radius 1 is 1.10 bits per heavy atom. The Morgan fingerprint density at radius 2 is 1.10 bits per heavy atom. The van der Waals surface area contributed by atoms with E-state index < -0.39 is 5.97 Å². The molecule has 7 nitrogen and oxygen atoms in total. The smallest absolute Gasteiger partial charge is 1.00 e. The fourth-order valence-corrected chi connectivity index (χ4v) is 0. The Bertz CT molecular complexity index is 42.4. The second kappa shape index (κ2) is 53.1. The second-order valence-corrected chi connectivity index (χ2v) is 0.519. The summed E-state index contributed by atoms with van der Waals surface area (Å²) in [5, 5.41) is 7.42. The molecule has 11 N–H and O–H groups in total. The van der Waals surface area contributed by atoms with Crippen LogP contribution < -0.4 is 0 Å². The van der Waals surface area contributed by atoms with Crippen LogP contribution in [-0.4, -0.2) is 83.9 Å². The molecular formula is C2H16O7Sr. The van der Waals surface area contributed by atoms with E-state index in [9.17, 15) is 0 Å². The molecule has 0 rings (SSSR count). The van der Waals surface area contributed by atoms with Crippen LogP contribution in [0.5, 0.6) is 0 Å². The summed E-state index contributed by atoms with van der Waals surface area (Å²) in [6.07, 6.45) is 0. The summed E-state index contributed by atoms with van der Waals surface area (Å²) in [5.41, 5.74) is 0. The maximum atomic E-state index is 9.00. The van der Waals surface area contributed by atoms with Crippen molar-refractivity contribution in [1.82, 2.24) is 0 Å². The summed E-state index contributed by atoms with van der Waals surface area (Å²) >= 11 is 0. The summed E-state index contributed by atoms with van der Waals surface area (Å²) in [6.45, 7) is 1.08. The topological polar surface area (TPSA) is 195 Å². The quantitative estimate of drug-likeness (QED) is 0.419. The van der Waals surface area contributed by atoms with Crippen molar-refractivity contribution in [2.45, 2.75) is 6.92 Å². The SMILES string of the molecule is CC(=O)O.O.O.O.O.O.[H-].[H-].[Sr+2]. The third-order valence-corrected chi connectivity index (χ3v) is 0. The van der Waals surface area contributed by atoms with Crippen LogP contribution in [0.2, 0.25) is 0 Å². The fourth-order valence-electron chi connectivity index (χ4n) is 0. The van der Waals surface area contributed by atoms with Gasteiger partial charge in [0, 0.05) is 6.92 Å². The van der Waals surface area contributed by atoms with Gasteiger partial charge < -0.3 is 35.3 Å². The first kappa shape index (κ1) is 72.7. The number of rotatable bonds is 0. The molecule has 0 aromatic carbocycles. The Morgan fingerprint density at radius 3 is 1.10 bits per heavy atom. The van der Waals surface area contributed by atoms with Crippen molar-refractivity contribution >= 4 is 51.5 Å². The number of carboxylic acids is 1. The first-order chi connectivity index (χ1) is 1.73. The zero-order valence-electron chi connectivity index (χ0n) is 7.56. The third kappa shape index (κ3) is 933. The summed E-state index contributed by atoms with van der Waals surface area (Å²) < 4.78 is 0. The Hall–Kier alpha value is 0.751. The van der Waals surface area contributed by atoms with E-state index in [4.69, 9.17) is 9.90 Å². The van der Waals surface area contributed by atoms with E-state index in [1.54, 1.807) is 0 Å². The van der Waals surface area contributed by atoms with Crippen molar-refractivity contribution in [3.05, 3.63) is 0 Å². The Labute approximate surface area is 97.8 Å². The van der Waals surface area contributed by atoms with Gasteiger partial charge in [-0.2, -0.15) is 0 Å². The molecule has 68 valence electrons. The van der Waals surface area contributed by atoms with Gasteiger partial charge in [-0.3, -0.25) is 4.79 Å². The monoisotopic (exact) mass is 240 g/mol. The van der Waals surface area contributed by atoms with Gasteiger partial charge in [-0.25, -0.2) is 0 Å². The molecule has 8 heteroatoms. The van der Waals surface area contributed by atoms with Crippen LogP contribution in [0.4, 0.5) is 0 Å². The van der Waals surface area contributed by atoms with E-state index in [2.05, 4.69) is 0 Å². The summed E-state index contributed by atoms with van der Waals surface area (Å²) in [6, 6.07) is 0. The molecule has 0 aliphatic carbocycles. The maximum absolute atomic E-state index is 9.00. The standard InChI is InChI=1S/C2H4O2.5H2O.Sr.2H/c1-2(3)4;;;;;;;;/h1H3,(H,3,4);5*1H2;;;/q;;;;;;+2;2*-1. The maximum Gasteiger partial charge on any atom is 2.00 e. The first-order valence-electron chi connectivity index (χ1n) is 0.928. The van der Waals surface area contributed by atoms with Crippen LogP contribution in [0.15, 0.2) is 0 Å². The average Bonchev–Trinajstić information content (AvgIpc) is 0.811. The molecule has 0 fully saturated rings. The predicted octanol–water partition coefficient (Wildman–Crippen LogP) is -4.19. The fraction of sp³-hybridized carbons (Fsp3) is 0.500. The van der Waals surface area contributed by atoms with Gasteiger partial charge in [0.05, 0.1) is 0 Å². The molecule has 0 spiro atoms. The predicted molar refractivity (Wildman–Crippen MR) is 39.4 cm³/mol. The molecule has 0 unspecified atom stereocenters. The number of hydrogen-bond donors (Lipinski definition) is 1. The summed E-state index contributed by atoms with van der Waals surface area (Å²) in [4.78, 5) is 9.00. The molecule has 0 aromatic heterocycles. The molecule has 0 amide bonds. The van der Waals surface area contributed by atoms with Gasteiger partial charge in [-0.05, 0) is 0 Å². The van der Waals surface area contributed by atoms with Gasteiger partial charge in [-0.1, -0.05) is 0 Å². The van der Waals surface area contributed by atoms with Crippen LogP contribution in [0.1, 0.15) is 9.78 Å².